The van der Waals surface area contributed by atoms with Gasteiger partial charge < -0.3 is 15.0 Å². The standard InChI is InChI=1S/C21H21N3O2/c1-16-8-11-19(12-9-16)26-15-21(25)23-20-13-10-18(14-22-20)24(2)17-6-4-3-5-7-17/h3-14H,15H2,1-2H3,(H,22,23,25). The van der Waals surface area contributed by atoms with Crippen LogP contribution in [0.5, 0.6) is 5.75 Å². The van der Waals surface area contributed by atoms with E-state index in [4.69, 9.17) is 4.74 Å². The average molecular weight is 347 g/mol. The number of nitrogens with one attached hydrogen (secondary N) is 1. The summed E-state index contributed by atoms with van der Waals surface area (Å²) in [5.41, 5.74) is 3.15. The lowest BCUT2D eigenvalue weighted by atomic mass is 10.2. The number of carbonyl (C=O) groups excluding carboxylic acids is 1. The molecule has 0 bridgehead atoms. The number of pyridine rings is 1. The van der Waals surface area contributed by atoms with Gasteiger partial charge in [-0.15, -0.1) is 0 Å². The van der Waals surface area contributed by atoms with Crippen molar-refractivity contribution in [1.82, 2.24) is 4.98 Å². The topological polar surface area (TPSA) is 54.5 Å². The van der Waals surface area contributed by atoms with Gasteiger partial charge in [0.05, 0.1) is 11.9 Å². The van der Waals surface area contributed by atoms with E-state index < -0.39 is 0 Å². The second-order valence-corrected chi connectivity index (χ2v) is 5.95. The molecular formula is C21H21N3O2. The summed E-state index contributed by atoms with van der Waals surface area (Å²) in [7, 11) is 1.97. The SMILES string of the molecule is Cc1ccc(OCC(=O)Nc2ccc(N(C)c3ccccc3)cn2)cc1. The second kappa shape index (κ2) is 8.16. The molecule has 0 aliphatic rings. The number of para-hydroxylation sites is 1. The molecule has 3 rings (SSSR count). The Morgan fingerprint density at radius 1 is 1.00 bits per heavy atom. The summed E-state index contributed by atoms with van der Waals surface area (Å²) in [6.45, 7) is 1.94. The lowest BCUT2D eigenvalue weighted by Gasteiger charge is -2.19. The molecular weight excluding hydrogens is 326 g/mol. The first-order chi connectivity index (χ1) is 12.6. The van der Waals surface area contributed by atoms with Crippen molar-refractivity contribution in [2.75, 3.05) is 23.9 Å². The maximum atomic E-state index is 12.0. The van der Waals surface area contributed by atoms with Crippen molar-refractivity contribution in [2.45, 2.75) is 6.92 Å². The fourth-order valence-corrected chi connectivity index (χ4v) is 2.42. The molecule has 0 fully saturated rings. The molecule has 0 aliphatic heterocycles. The van der Waals surface area contributed by atoms with Gasteiger partial charge in [-0.05, 0) is 43.3 Å². The van der Waals surface area contributed by atoms with Crippen LogP contribution in [0.1, 0.15) is 5.56 Å². The van der Waals surface area contributed by atoms with Crippen molar-refractivity contribution in [2.24, 2.45) is 0 Å². The van der Waals surface area contributed by atoms with Gasteiger partial charge in [0.2, 0.25) is 0 Å². The largest absolute Gasteiger partial charge is 0.484 e. The van der Waals surface area contributed by atoms with Crippen LogP contribution in [0.15, 0.2) is 72.9 Å². The van der Waals surface area contributed by atoms with E-state index in [0.717, 1.165) is 16.9 Å². The number of ether oxygens (including phenoxy) is 1. The smallest absolute Gasteiger partial charge is 0.263 e. The number of benzene rings is 2. The van der Waals surface area contributed by atoms with Crippen LogP contribution in [0.2, 0.25) is 0 Å². The van der Waals surface area contributed by atoms with E-state index in [1.807, 2.05) is 79.5 Å². The number of hydrogen-bond acceptors (Lipinski definition) is 4. The zero-order chi connectivity index (χ0) is 18.4. The van der Waals surface area contributed by atoms with Gasteiger partial charge in [0.15, 0.2) is 6.61 Å². The Bertz CT molecular complexity index is 847. The first-order valence-corrected chi connectivity index (χ1v) is 8.36. The molecule has 26 heavy (non-hydrogen) atoms. The highest BCUT2D eigenvalue weighted by atomic mass is 16.5. The molecule has 3 aromatic rings. The first kappa shape index (κ1) is 17.5. The number of rotatable bonds is 6. The Morgan fingerprint density at radius 3 is 2.38 bits per heavy atom. The number of carbonyl (C=O) groups is 1. The molecule has 1 N–H and O–H groups in total. The molecule has 5 heteroatoms. The number of amides is 1. The average Bonchev–Trinajstić information content (AvgIpc) is 2.68. The first-order valence-electron chi connectivity index (χ1n) is 8.36. The fourth-order valence-electron chi connectivity index (χ4n) is 2.42. The van der Waals surface area contributed by atoms with Crippen LogP contribution in [0, 0.1) is 6.92 Å². The predicted octanol–water partition coefficient (Wildman–Crippen LogP) is 4.18. The van der Waals surface area contributed by atoms with E-state index in [1.165, 1.54) is 0 Å². The molecule has 1 aromatic heterocycles. The number of anilines is 3. The maximum absolute atomic E-state index is 12.0. The summed E-state index contributed by atoms with van der Waals surface area (Å²) in [6.07, 6.45) is 1.73. The van der Waals surface area contributed by atoms with Crippen LogP contribution in [0.3, 0.4) is 0 Å². The van der Waals surface area contributed by atoms with Gasteiger partial charge in [-0.2, -0.15) is 0 Å². The normalized spacial score (nSPS) is 10.2. The van der Waals surface area contributed by atoms with Crippen molar-refractivity contribution in [3.05, 3.63) is 78.5 Å². The summed E-state index contributed by atoms with van der Waals surface area (Å²) in [5.74, 6) is 0.911. The Morgan fingerprint density at radius 2 is 1.73 bits per heavy atom. The van der Waals surface area contributed by atoms with E-state index in [9.17, 15) is 4.79 Å². The Balaban J connectivity index is 1.55. The lowest BCUT2D eigenvalue weighted by Crippen LogP contribution is -2.20. The third-order valence-electron chi connectivity index (χ3n) is 3.94. The maximum Gasteiger partial charge on any atom is 0.263 e. The number of aryl methyl sites for hydroxylation is 1. The van der Waals surface area contributed by atoms with Crippen LogP contribution < -0.4 is 15.0 Å². The molecule has 0 saturated heterocycles. The minimum Gasteiger partial charge on any atom is -0.484 e. The molecule has 0 saturated carbocycles. The summed E-state index contributed by atoms with van der Waals surface area (Å²) >= 11 is 0. The predicted molar refractivity (Wildman–Crippen MR) is 104 cm³/mol. The minimum absolute atomic E-state index is 0.0591. The van der Waals surface area contributed by atoms with Crippen LogP contribution in [0.4, 0.5) is 17.2 Å². The van der Waals surface area contributed by atoms with Crippen LogP contribution in [0.25, 0.3) is 0 Å². The Kier molecular flexibility index (Phi) is 5.49. The minimum atomic E-state index is -0.248. The van der Waals surface area contributed by atoms with E-state index in [0.29, 0.717) is 11.6 Å². The number of aromatic nitrogens is 1. The summed E-state index contributed by atoms with van der Waals surface area (Å²) in [4.78, 5) is 18.3. The molecule has 132 valence electrons. The van der Waals surface area contributed by atoms with Gasteiger partial charge in [0.25, 0.3) is 5.91 Å². The lowest BCUT2D eigenvalue weighted by molar-refractivity contribution is -0.118. The summed E-state index contributed by atoms with van der Waals surface area (Å²) < 4.78 is 5.47. The van der Waals surface area contributed by atoms with Crippen molar-refractivity contribution in [3.8, 4) is 5.75 Å². The zero-order valence-electron chi connectivity index (χ0n) is 14.8. The molecule has 0 aliphatic carbocycles. The molecule has 1 heterocycles. The van der Waals surface area contributed by atoms with Crippen molar-refractivity contribution in [3.63, 3.8) is 0 Å². The van der Waals surface area contributed by atoms with Crippen LogP contribution >= 0.6 is 0 Å². The van der Waals surface area contributed by atoms with Crippen molar-refractivity contribution < 1.29 is 9.53 Å². The van der Waals surface area contributed by atoms with Crippen molar-refractivity contribution in [1.29, 1.82) is 0 Å². The highest BCUT2D eigenvalue weighted by Gasteiger charge is 2.07. The molecule has 0 atom stereocenters. The summed E-state index contributed by atoms with van der Waals surface area (Å²) in [5, 5.41) is 2.74. The van der Waals surface area contributed by atoms with E-state index in [2.05, 4.69) is 10.3 Å². The van der Waals surface area contributed by atoms with E-state index in [-0.39, 0.29) is 12.5 Å². The zero-order valence-corrected chi connectivity index (χ0v) is 14.8. The van der Waals surface area contributed by atoms with Gasteiger partial charge in [-0.1, -0.05) is 35.9 Å². The van der Waals surface area contributed by atoms with Gasteiger partial charge in [-0.25, -0.2) is 4.98 Å². The monoisotopic (exact) mass is 347 g/mol. The van der Waals surface area contributed by atoms with Gasteiger partial charge in [0.1, 0.15) is 11.6 Å². The van der Waals surface area contributed by atoms with Gasteiger partial charge in [0, 0.05) is 12.7 Å². The molecule has 5 nitrogen and oxygen atoms in total. The van der Waals surface area contributed by atoms with Gasteiger partial charge in [-0.3, -0.25) is 4.79 Å². The molecule has 1 amide bonds. The molecule has 2 aromatic carbocycles. The highest BCUT2D eigenvalue weighted by Crippen LogP contribution is 2.23. The van der Waals surface area contributed by atoms with Crippen LogP contribution in [-0.4, -0.2) is 24.5 Å². The fraction of sp³-hybridized carbons (Fsp3) is 0.143. The third kappa shape index (κ3) is 4.60. The third-order valence-corrected chi connectivity index (χ3v) is 3.94. The van der Waals surface area contributed by atoms with Crippen LogP contribution in [-0.2, 0) is 4.79 Å². The van der Waals surface area contributed by atoms with Gasteiger partial charge >= 0.3 is 0 Å². The molecule has 0 radical (unpaired) electrons. The number of hydrogen-bond donors (Lipinski definition) is 1. The number of nitrogens with zero attached hydrogens (tertiary/aromatic N) is 2. The second-order valence-electron chi connectivity index (χ2n) is 5.95. The molecule has 0 spiro atoms. The summed E-state index contributed by atoms with van der Waals surface area (Å²) in [6, 6.07) is 21.3. The highest BCUT2D eigenvalue weighted by molar-refractivity contribution is 5.91. The Hall–Kier alpha value is -3.34. The Labute approximate surface area is 153 Å². The quantitative estimate of drug-likeness (QED) is 0.727. The van der Waals surface area contributed by atoms with Crippen molar-refractivity contribution >= 4 is 23.1 Å². The van der Waals surface area contributed by atoms with E-state index >= 15 is 0 Å². The molecule has 0 unspecified atom stereocenters. The van der Waals surface area contributed by atoms with E-state index in [1.54, 1.807) is 12.3 Å².